The van der Waals surface area contributed by atoms with Crippen molar-refractivity contribution >= 4 is 11.9 Å². The molecule has 0 heterocycles. The molecule has 0 radical (unpaired) electrons. The summed E-state index contributed by atoms with van der Waals surface area (Å²) in [6, 6.07) is 0. The van der Waals surface area contributed by atoms with Crippen molar-refractivity contribution in [3.8, 4) is 0 Å². The van der Waals surface area contributed by atoms with E-state index in [1.54, 1.807) is 0 Å². The van der Waals surface area contributed by atoms with Gasteiger partial charge in [-0.2, -0.15) is 0 Å². The Kier molecular flexibility index (Phi) is 50.0. The maximum Gasteiger partial charge on any atom is 0.306 e. The van der Waals surface area contributed by atoms with Crippen molar-refractivity contribution in [3.63, 3.8) is 0 Å². The molecule has 1 atom stereocenters. The van der Waals surface area contributed by atoms with E-state index in [0.717, 1.165) is 89.9 Å². The van der Waals surface area contributed by atoms with Gasteiger partial charge < -0.3 is 14.2 Å². The van der Waals surface area contributed by atoms with E-state index in [9.17, 15) is 9.59 Å². The van der Waals surface area contributed by atoms with Gasteiger partial charge in [0.25, 0.3) is 0 Å². The molecule has 5 heteroatoms. The van der Waals surface area contributed by atoms with E-state index >= 15 is 0 Å². The van der Waals surface area contributed by atoms with Crippen molar-refractivity contribution in [3.05, 3.63) is 85.1 Å². The molecule has 0 N–H and O–H groups in total. The zero-order valence-corrected chi connectivity index (χ0v) is 40.9. The third kappa shape index (κ3) is 49.7. The molecule has 0 fully saturated rings. The Morgan fingerprint density at radius 1 is 0.371 bits per heavy atom. The first kappa shape index (κ1) is 59.1. The Labute approximate surface area is 384 Å². The summed E-state index contributed by atoms with van der Waals surface area (Å²) in [6.07, 6.45) is 68.8. The number of carbonyl (C=O) groups excluding carboxylic acids is 2. The molecule has 0 rings (SSSR count). The van der Waals surface area contributed by atoms with Crippen LogP contribution in [-0.2, 0) is 23.8 Å². The van der Waals surface area contributed by atoms with Gasteiger partial charge in [-0.25, -0.2) is 0 Å². The Hall–Kier alpha value is -2.92. The summed E-state index contributed by atoms with van der Waals surface area (Å²) in [5, 5.41) is 0. The quantitative estimate of drug-likeness (QED) is 0.0346. The van der Waals surface area contributed by atoms with Gasteiger partial charge >= 0.3 is 11.9 Å². The fraction of sp³-hybridized carbons (Fsp3) is 0.719. The van der Waals surface area contributed by atoms with Gasteiger partial charge in [-0.05, 0) is 116 Å². The van der Waals surface area contributed by atoms with Crippen LogP contribution >= 0.6 is 0 Å². The molecule has 0 spiro atoms. The standard InChI is InChI=1S/C57H98O5/c1-4-7-10-13-16-19-22-25-27-28-29-31-34-37-40-43-46-49-52-60-53-55(62-57(59)51-48-45-42-39-36-32-24-21-18-15-12-9-6-3)54-61-56(58)50-47-44-41-38-35-33-30-26-23-20-17-14-11-8-5-2/h8,11,16-17,19-21,24-27,30,35,38,55H,4-7,9-10,12-15,18,22-23,28-29,31-34,36-37,39-54H2,1-3H3/b11-8-,19-16-,20-17-,24-21-,27-25-,30-26-,38-35-. The first-order valence-corrected chi connectivity index (χ1v) is 26.1. The van der Waals surface area contributed by atoms with Crippen molar-refractivity contribution in [1.82, 2.24) is 0 Å². The van der Waals surface area contributed by atoms with E-state index in [-0.39, 0.29) is 25.2 Å². The van der Waals surface area contributed by atoms with E-state index in [1.165, 1.54) is 116 Å². The molecule has 0 aromatic carbocycles. The average molecular weight is 863 g/mol. The highest BCUT2D eigenvalue weighted by molar-refractivity contribution is 5.70. The van der Waals surface area contributed by atoms with E-state index in [4.69, 9.17) is 14.2 Å². The van der Waals surface area contributed by atoms with Crippen molar-refractivity contribution in [2.24, 2.45) is 0 Å². The molecular weight excluding hydrogens is 765 g/mol. The van der Waals surface area contributed by atoms with E-state index in [1.807, 2.05) is 0 Å². The van der Waals surface area contributed by atoms with Crippen LogP contribution < -0.4 is 0 Å². The third-order valence-electron chi connectivity index (χ3n) is 10.9. The molecule has 0 saturated carbocycles. The van der Waals surface area contributed by atoms with Crippen LogP contribution in [0.5, 0.6) is 0 Å². The third-order valence-corrected chi connectivity index (χ3v) is 10.9. The van der Waals surface area contributed by atoms with Gasteiger partial charge in [0.05, 0.1) is 6.61 Å². The van der Waals surface area contributed by atoms with Crippen molar-refractivity contribution in [2.45, 2.75) is 245 Å². The van der Waals surface area contributed by atoms with Crippen LogP contribution in [0.15, 0.2) is 85.1 Å². The average Bonchev–Trinajstić information content (AvgIpc) is 3.27. The molecule has 0 amide bonds. The zero-order valence-electron chi connectivity index (χ0n) is 40.9. The van der Waals surface area contributed by atoms with Gasteiger partial charge in [-0.1, -0.05) is 196 Å². The SMILES string of the molecule is CC/C=C\C/C=C\C/C=C\C/C=C\CCCCC(=O)OCC(COCCCCCCCCCC/C=C\C/C=C\CCCCC)OC(=O)CCCCCCC/C=C\CCCCCC. The van der Waals surface area contributed by atoms with Gasteiger partial charge in [0, 0.05) is 19.4 Å². The topological polar surface area (TPSA) is 61.8 Å². The van der Waals surface area contributed by atoms with Crippen molar-refractivity contribution in [1.29, 1.82) is 0 Å². The maximum atomic E-state index is 12.8. The number of carbonyl (C=O) groups is 2. The number of esters is 2. The van der Waals surface area contributed by atoms with Crippen molar-refractivity contribution in [2.75, 3.05) is 19.8 Å². The van der Waals surface area contributed by atoms with Gasteiger partial charge in [0.1, 0.15) is 6.61 Å². The molecule has 356 valence electrons. The molecule has 0 saturated heterocycles. The largest absolute Gasteiger partial charge is 0.462 e. The van der Waals surface area contributed by atoms with Gasteiger partial charge in [0.15, 0.2) is 6.10 Å². The summed E-state index contributed by atoms with van der Waals surface area (Å²) in [7, 11) is 0. The van der Waals surface area contributed by atoms with Crippen molar-refractivity contribution < 1.29 is 23.8 Å². The predicted octanol–water partition coefficient (Wildman–Crippen LogP) is 17.7. The molecule has 62 heavy (non-hydrogen) atoms. The van der Waals surface area contributed by atoms with Gasteiger partial charge in [-0.3, -0.25) is 9.59 Å². The predicted molar refractivity (Wildman–Crippen MR) is 270 cm³/mol. The molecule has 0 aromatic heterocycles. The van der Waals surface area contributed by atoms with E-state index in [0.29, 0.717) is 19.4 Å². The van der Waals surface area contributed by atoms with Gasteiger partial charge in [-0.15, -0.1) is 0 Å². The highest BCUT2D eigenvalue weighted by Gasteiger charge is 2.17. The number of allylic oxidation sites excluding steroid dienone is 14. The molecular formula is C57H98O5. The molecule has 1 unspecified atom stereocenters. The zero-order chi connectivity index (χ0) is 44.9. The molecule has 5 nitrogen and oxygen atoms in total. The number of hydrogen-bond acceptors (Lipinski definition) is 5. The second-order valence-corrected chi connectivity index (χ2v) is 17.0. The lowest BCUT2D eigenvalue weighted by atomic mass is 10.1. The summed E-state index contributed by atoms with van der Waals surface area (Å²) < 4.78 is 17.4. The highest BCUT2D eigenvalue weighted by atomic mass is 16.6. The summed E-state index contributed by atoms with van der Waals surface area (Å²) in [5.41, 5.74) is 0. The number of rotatable bonds is 47. The Morgan fingerprint density at radius 3 is 1.24 bits per heavy atom. The minimum absolute atomic E-state index is 0.0551. The van der Waals surface area contributed by atoms with Crippen LogP contribution in [-0.4, -0.2) is 37.9 Å². The van der Waals surface area contributed by atoms with Crippen LogP contribution in [0, 0.1) is 0 Å². The first-order valence-electron chi connectivity index (χ1n) is 26.1. The summed E-state index contributed by atoms with van der Waals surface area (Å²) in [4.78, 5) is 25.4. The van der Waals surface area contributed by atoms with E-state index in [2.05, 4.69) is 106 Å². The normalized spacial score (nSPS) is 12.9. The lowest BCUT2D eigenvalue weighted by Gasteiger charge is -2.18. The number of hydrogen-bond donors (Lipinski definition) is 0. The van der Waals surface area contributed by atoms with Crippen LogP contribution in [0.4, 0.5) is 0 Å². The molecule has 0 bridgehead atoms. The van der Waals surface area contributed by atoms with E-state index < -0.39 is 6.10 Å². The van der Waals surface area contributed by atoms with Crippen LogP contribution in [0.25, 0.3) is 0 Å². The first-order chi connectivity index (χ1) is 30.6. The summed E-state index contributed by atoms with van der Waals surface area (Å²) >= 11 is 0. The summed E-state index contributed by atoms with van der Waals surface area (Å²) in [6.45, 7) is 7.61. The Morgan fingerprint density at radius 2 is 0.726 bits per heavy atom. The minimum Gasteiger partial charge on any atom is -0.462 e. The monoisotopic (exact) mass is 863 g/mol. The minimum atomic E-state index is -0.563. The summed E-state index contributed by atoms with van der Waals surface area (Å²) in [5.74, 6) is -0.458. The molecule has 0 aliphatic carbocycles. The van der Waals surface area contributed by atoms with Crippen LogP contribution in [0.3, 0.4) is 0 Å². The fourth-order valence-electron chi connectivity index (χ4n) is 7.00. The molecule has 0 aromatic rings. The van der Waals surface area contributed by atoms with Gasteiger partial charge in [0.2, 0.25) is 0 Å². The number of ether oxygens (including phenoxy) is 3. The smallest absolute Gasteiger partial charge is 0.306 e. The van der Waals surface area contributed by atoms with Crippen LogP contribution in [0.1, 0.15) is 239 Å². The Bertz CT molecular complexity index is 1160. The fourth-order valence-corrected chi connectivity index (χ4v) is 7.00. The lowest BCUT2D eigenvalue weighted by Crippen LogP contribution is -2.30. The molecule has 0 aliphatic rings. The Balaban J connectivity index is 4.34. The second-order valence-electron chi connectivity index (χ2n) is 17.0. The lowest BCUT2D eigenvalue weighted by molar-refractivity contribution is -0.163. The number of unbranched alkanes of at least 4 members (excludes halogenated alkanes) is 22. The second kappa shape index (κ2) is 52.4. The highest BCUT2D eigenvalue weighted by Crippen LogP contribution is 2.13. The molecule has 0 aliphatic heterocycles. The van der Waals surface area contributed by atoms with Crippen LogP contribution in [0.2, 0.25) is 0 Å². The maximum absolute atomic E-state index is 12.8.